The summed E-state index contributed by atoms with van der Waals surface area (Å²) in [6, 6.07) is 11.8. The van der Waals surface area contributed by atoms with Gasteiger partial charge >= 0.3 is 12.0 Å². The molecule has 134 valence electrons. The number of imide groups is 1. The summed E-state index contributed by atoms with van der Waals surface area (Å²) in [5, 5.41) is 4.82. The van der Waals surface area contributed by atoms with Gasteiger partial charge in [0.05, 0.1) is 5.56 Å². The second-order valence-corrected chi connectivity index (χ2v) is 6.25. The maximum absolute atomic E-state index is 13.6. The van der Waals surface area contributed by atoms with Crippen LogP contribution >= 0.6 is 0 Å². The number of halogens is 1. The van der Waals surface area contributed by atoms with Crippen molar-refractivity contribution in [2.75, 3.05) is 0 Å². The number of rotatable bonds is 5. The molecule has 3 amide bonds. The third-order valence-electron chi connectivity index (χ3n) is 4.26. The SMILES string of the molecule is C[C@@]1(CCc2ccc(OC(=O)c3ccccc3F)cc2)NC(=O)NC1=O. The predicted molar refractivity (Wildman–Crippen MR) is 91.2 cm³/mol. The Bertz CT molecular complexity index is 866. The van der Waals surface area contributed by atoms with E-state index in [-0.39, 0.29) is 11.5 Å². The molecule has 1 heterocycles. The molecule has 26 heavy (non-hydrogen) atoms. The molecular weight excluding hydrogens is 339 g/mol. The van der Waals surface area contributed by atoms with E-state index in [1.54, 1.807) is 37.3 Å². The third kappa shape index (κ3) is 3.72. The van der Waals surface area contributed by atoms with Crippen LogP contribution in [0.25, 0.3) is 0 Å². The lowest BCUT2D eigenvalue weighted by atomic mass is 9.93. The van der Waals surface area contributed by atoms with E-state index in [2.05, 4.69) is 10.6 Å². The Morgan fingerprint density at radius 2 is 1.81 bits per heavy atom. The molecular formula is C19H17FN2O4. The molecule has 1 aliphatic rings. The fourth-order valence-electron chi connectivity index (χ4n) is 2.66. The highest BCUT2D eigenvalue weighted by molar-refractivity contribution is 6.06. The van der Waals surface area contributed by atoms with Crippen LogP contribution in [-0.4, -0.2) is 23.4 Å². The molecule has 7 heteroatoms. The molecule has 0 spiro atoms. The van der Waals surface area contributed by atoms with Crippen molar-refractivity contribution < 1.29 is 23.5 Å². The first-order chi connectivity index (χ1) is 12.4. The highest BCUT2D eigenvalue weighted by Crippen LogP contribution is 2.20. The molecule has 2 N–H and O–H groups in total. The number of hydrogen-bond acceptors (Lipinski definition) is 4. The molecule has 0 radical (unpaired) electrons. The van der Waals surface area contributed by atoms with Gasteiger partial charge in [0.15, 0.2) is 0 Å². The average Bonchev–Trinajstić information content (AvgIpc) is 2.87. The lowest BCUT2D eigenvalue weighted by molar-refractivity contribution is -0.123. The molecule has 6 nitrogen and oxygen atoms in total. The number of aryl methyl sites for hydroxylation is 1. The van der Waals surface area contributed by atoms with Crippen LogP contribution in [0.5, 0.6) is 5.75 Å². The van der Waals surface area contributed by atoms with E-state index in [4.69, 9.17) is 4.74 Å². The largest absolute Gasteiger partial charge is 0.423 e. The van der Waals surface area contributed by atoms with Crippen LogP contribution in [0.1, 0.15) is 29.3 Å². The summed E-state index contributed by atoms with van der Waals surface area (Å²) in [5.74, 6) is -1.47. The summed E-state index contributed by atoms with van der Waals surface area (Å²) in [5.41, 5.74) is -0.161. The quantitative estimate of drug-likeness (QED) is 0.490. The second-order valence-electron chi connectivity index (χ2n) is 6.25. The van der Waals surface area contributed by atoms with Gasteiger partial charge < -0.3 is 10.1 Å². The topological polar surface area (TPSA) is 84.5 Å². The van der Waals surface area contributed by atoms with E-state index in [0.717, 1.165) is 5.56 Å². The lowest BCUT2D eigenvalue weighted by Gasteiger charge is -2.20. The number of carbonyl (C=O) groups is 3. The lowest BCUT2D eigenvalue weighted by Crippen LogP contribution is -2.43. The van der Waals surface area contributed by atoms with Gasteiger partial charge in [0.1, 0.15) is 17.1 Å². The summed E-state index contributed by atoms with van der Waals surface area (Å²) in [6.07, 6.45) is 0.977. The molecule has 1 atom stereocenters. The van der Waals surface area contributed by atoms with Gasteiger partial charge in [-0.3, -0.25) is 10.1 Å². The van der Waals surface area contributed by atoms with Crippen LogP contribution in [-0.2, 0) is 11.2 Å². The normalized spacial score (nSPS) is 19.0. The Morgan fingerprint density at radius 3 is 2.42 bits per heavy atom. The van der Waals surface area contributed by atoms with Gasteiger partial charge in [0.25, 0.3) is 5.91 Å². The van der Waals surface area contributed by atoms with Crippen LogP contribution < -0.4 is 15.4 Å². The number of ether oxygens (including phenoxy) is 1. The highest BCUT2D eigenvalue weighted by atomic mass is 19.1. The summed E-state index contributed by atoms with van der Waals surface area (Å²) >= 11 is 0. The number of amides is 3. The van der Waals surface area contributed by atoms with Crippen LogP contribution in [0.3, 0.4) is 0 Å². The highest BCUT2D eigenvalue weighted by Gasteiger charge is 2.41. The van der Waals surface area contributed by atoms with E-state index in [1.807, 2.05) is 0 Å². The third-order valence-corrected chi connectivity index (χ3v) is 4.26. The summed E-state index contributed by atoms with van der Waals surface area (Å²) in [7, 11) is 0. The number of benzene rings is 2. The molecule has 0 unspecified atom stereocenters. The number of carbonyl (C=O) groups excluding carboxylic acids is 3. The number of urea groups is 1. The number of hydrogen-bond donors (Lipinski definition) is 2. The summed E-state index contributed by atoms with van der Waals surface area (Å²) in [6.45, 7) is 1.66. The van der Waals surface area contributed by atoms with Gasteiger partial charge in [-0.05, 0) is 49.6 Å². The monoisotopic (exact) mass is 356 g/mol. The molecule has 0 aromatic heterocycles. The molecule has 1 fully saturated rings. The minimum absolute atomic E-state index is 0.132. The average molecular weight is 356 g/mol. The van der Waals surface area contributed by atoms with Gasteiger partial charge in [-0.2, -0.15) is 0 Å². The predicted octanol–water partition coefficient (Wildman–Crippen LogP) is 2.58. The van der Waals surface area contributed by atoms with Crippen molar-refractivity contribution in [2.24, 2.45) is 0 Å². The van der Waals surface area contributed by atoms with Crippen molar-refractivity contribution in [1.29, 1.82) is 0 Å². The summed E-state index contributed by atoms with van der Waals surface area (Å²) in [4.78, 5) is 35.0. The maximum Gasteiger partial charge on any atom is 0.346 e. The van der Waals surface area contributed by atoms with Crippen LogP contribution in [0.15, 0.2) is 48.5 Å². The standard InChI is InChI=1S/C19H17FN2O4/c1-19(17(24)21-18(25)22-19)11-10-12-6-8-13(9-7-12)26-16(23)14-4-2-3-5-15(14)20/h2-9H,10-11H2,1H3,(H2,21,22,24,25)/t19-/m0/s1. The minimum atomic E-state index is -0.937. The zero-order valence-corrected chi connectivity index (χ0v) is 14.0. The molecule has 0 saturated carbocycles. The molecule has 1 aliphatic heterocycles. The molecule has 1 saturated heterocycles. The van der Waals surface area contributed by atoms with Crippen molar-refractivity contribution in [2.45, 2.75) is 25.3 Å². The smallest absolute Gasteiger partial charge is 0.346 e. The van der Waals surface area contributed by atoms with Gasteiger partial charge in [-0.15, -0.1) is 0 Å². The molecule has 0 aliphatic carbocycles. The summed E-state index contributed by atoms with van der Waals surface area (Å²) < 4.78 is 18.8. The molecule has 3 rings (SSSR count). The fourth-order valence-corrected chi connectivity index (χ4v) is 2.66. The Labute approximate surface area is 149 Å². The van der Waals surface area contributed by atoms with E-state index in [1.165, 1.54) is 18.2 Å². The Morgan fingerprint density at radius 1 is 1.12 bits per heavy atom. The van der Waals surface area contributed by atoms with Gasteiger partial charge in [-0.25, -0.2) is 14.0 Å². The first kappa shape index (κ1) is 17.6. The number of esters is 1. The van der Waals surface area contributed by atoms with Crippen LogP contribution in [0, 0.1) is 5.82 Å². The second kappa shape index (κ2) is 6.95. The fraction of sp³-hybridized carbons (Fsp3) is 0.211. The van der Waals surface area contributed by atoms with E-state index < -0.39 is 23.4 Å². The Hall–Kier alpha value is -3.22. The van der Waals surface area contributed by atoms with Crippen LogP contribution in [0.2, 0.25) is 0 Å². The van der Waals surface area contributed by atoms with E-state index in [9.17, 15) is 18.8 Å². The van der Waals surface area contributed by atoms with Crippen molar-refractivity contribution in [3.05, 3.63) is 65.5 Å². The molecule has 2 aromatic rings. The van der Waals surface area contributed by atoms with E-state index >= 15 is 0 Å². The molecule has 0 bridgehead atoms. The minimum Gasteiger partial charge on any atom is -0.423 e. The Kier molecular flexibility index (Phi) is 4.71. The molecule has 2 aromatic carbocycles. The van der Waals surface area contributed by atoms with Crippen molar-refractivity contribution in [1.82, 2.24) is 10.6 Å². The zero-order valence-electron chi connectivity index (χ0n) is 14.0. The van der Waals surface area contributed by atoms with Gasteiger partial charge in [-0.1, -0.05) is 24.3 Å². The van der Waals surface area contributed by atoms with E-state index in [0.29, 0.717) is 18.6 Å². The number of nitrogens with one attached hydrogen (secondary N) is 2. The van der Waals surface area contributed by atoms with Gasteiger partial charge in [0, 0.05) is 0 Å². The Balaban J connectivity index is 1.60. The first-order valence-corrected chi connectivity index (χ1v) is 8.07. The first-order valence-electron chi connectivity index (χ1n) is 8.07. The van der Waals surface area contributed by atoms with Gasteiger partial charge in [0.2, 0.25) is 0 Å². The van der Waals surface area contributed by atoms with Crippen molar-refractivity contribution in [3.63, 3.8) is 0 Å². The van der Waals surface area contributed by atoms with Crippen molar-refractivity contribution >= 4 is 17.9 Å². The zero-order chi connectivity index (χ0) is 18.7. The maximum atomic E-state index is 13.6. The van der Waals surface area contributed by atoms with Crippen LogP contribution in [0.4, 0.5) is 9.18 Å². The van der Waals surface area contributed by atoms with Crippen molar-refractivity contribution in [3.8, 4) is 5.75 Å².